The maximum absolute atomic E-state index is 14.3. The van der Waals surface area contributed by atoms with Gasteiger partial charge in [0.1, 0.15) is 16.5 Å². The first-order chi connectivity index (χ1) is 14.9. The van der Waals surface area contributed by atoms with Crippen molar-refractivity contribution in [3.63, 3.8) is 0 Å². The van der Waals surface area contributed by atoms with Gasteiger partial charge in [-0.1, -0.05) is 17.3 Å². The van der Waals surface area contributed by atoms with Crippen molar-refractivity contribution < 1.29 is 31.3 Å². The molecule has 1 amide bonds. The molecule has 1 N–H and O–H groups in total. The summed E-state index contributed by atoms with van der Waals surface area (Å²) >= 11 is 0. The van der Waals surface area contributed by atoms with E-state index >= 15 is 0 Å². The first-order valence-electron chi connectivity index (χ1n) is 9.26. The number of rotatable bonds is 5. The zero-order valence-electron chi connectivity index (χ0n) is 16.0. The van der Waals surface area contributed by atoms with Crippen LogP contribution in [0.25, 0.3) is 11.3 Å². The van der Waals surface area contributed by atoms with Crippen LogP contribution in [0, 0.1) is 11.6 Å². The van der Waals surface area contributed by atoms with E-state index in [0.29, 0.717) is 0 Å². The topological polar surface area (TPSA) is 102 Å². The Morgan fingerprint density at radius 3 is 2.52 bits per heavy atom. The van der Waals surface area contributed by atoms with Crippen LogP contribution in [0.15, 0.2) is 57.9 Å². The molecule has 1 fully saturated rings. The van der Waals surface area contributed by atoms with Gasteiger partial charge in [0.05, 0.1) is 18.8 Å². The fraction of sp³-hybridized carbons (Fsp3) is 0.200. The molecule has 0 spiro atoms. The lowest BCUT2D eigenvalue weighted by atomic mass is 10.1. The Morgan fingerprint density at radius 2 is 1.77 bits per heavy atom. The quantitative estimate of drug-likeness (QED) is 0.643. The fourth-order valence-electron chi connectivity index (χ4n) is 3.07. The Kier molecular flexibility index (Phi) is 5.81. The number of aromatic nitrogens is 1. The van der Waals surface area contributed by atoms with Crippen LogP contribution in [0.1, 0.15) is 10.5 Å². The second kappa shape index (κ2) is 8.53. The van der Waals surface area contributed by atoms with E-state index < -0.39 is 32.5 Å². The largest absolute Gasteiger partial charge is 0.379 e. The molecule has 11 heteroatoms. The predicted molar refractivity (Wildman–Crippen MR) is 106 cm³/mol. The molecule has 162 valence electrons. The number of anilines is 1. The molecule has 0 bridgehead atoms. The fourth-order valence-corrected chi connectivity index (χ4v) is 4.57. The highest BCUT2D eigenvalue weighted by molar-refractivity contribution is 7.89. The minimum Gasteiger partial charge on any atom is -0.379 e. The van der Waals surface area contributed by atoms with Gasteiger partial charge in [0.2, 0.25) is 10.0 Å². The smallest absolute Gasteiger partial charge is 0.277 e. The van der Waals surface area contributed by atoms with E-state index in [1.54, 1.807) is 6.07 Å². The highest BCUT2D eigenvalue weighted by Gasteiger charge is 2.29. The third-order valence-electron chi connectivity index (χ3n) is 4.66. The summed E-state index contributed by atoms with van der Waals surface area (Å²) in [7, 11) is -4.10. The lowest BCUT2D eigenvalue weighted by molar-refractivity contribution is 0.0729. The zero-order chi connectivity index (χ0) is 22.0. The summed E-state index contributed by atoms with van der Waals surface area (Å²) in [4.78, 5) is 11.9. The molecule has 2 aromatic carbocycles. The van der Waals surface area contributed by atoms with Gasteiger partial charge in [-0.25, -0.2) is 17.2 Å². The predicted octanol–water partition coefficient (Wildman–Crippen LogP) is 2.89. The monoisotopic (exact) mass is 449 g/mol. The number of benzene rings is 2. The van der Waals surface area contributed by atoms with E-state index in [-0.39, 0.29) is 49.0 Å². The second-order valence-corrected chi connectivity index (χ2v) is 8.58. The Balaban J connectivity index is 1.56. The molecule has 0 saturated carbocycles. The Labute approximate surface area is 176 Å². The lowest BCUT2D eigenvalue weighted by Gasteiger charge is -2.26. The number of hydrogen-bond acceptors (Lipinski definition) is 6. The van der Waals surface area contributed by atoms with E-state index in [9.17, 15) is 22.0 Å². The van der Waals surface area contributed by atoms with Crippen molar-refractivity contribution in [1.82, 2.24) is 9.46 Å². The number of carbonyl (C=O) groups excluding carboxylic acids is 1. The van der Waals surface area contributed by atoms with E-state index in [0.717, 1.165) is 16.4 Å². The van der Waals surface area contributed by atoms with Crippen LogP contribution in [0.5, 0.6) is 0 Å². The van der Waals surface area contributed by atoms with Crippen LogP contribution in [-0.2, 0) is 14.8 Å². The number of morpholine rings is 1. The molecule has 31 heavy (non-hydrogen) atoms. The molecular formula is C20H17F2N3O5S. The number of halogens is 2. The summed E-state index contributed by atoms with van der Waals surface area (Å²) in [5.74, 6) is -2.15. The minimum absolute atomic E-state index is 0.0497. The van der Waals surface area contributed by atoms with Gasteiger partial charge < -0.3 is 14.6 Å². The Bertz CT molecular complexity index is 1220. The van der Waals surface area contributed by atoms with Crippen molar-refractivity contribution in [1.29, 1.82) is 0 Å². The maximum Gasteiger partial charge on any atom is 0.277 e. The van der Waals surface area contributed by atoms with Gasteiger partial charge in [0.25, 0.3) is 5.91 Å². The Morgan fingerprint density at radius 1 is 1.03 bits per heavy atom. The number of hydrogen-bond donors (Lipinski definition) is 1. The molecule has 0 atom stereocenters. The SMILES string of the molecule is O=C(Nc1ccc(F)c(S(=O)(=O)N2CCOCC2)c1)c1cc(-c2ccccc2F)on1. The van der Waals surface area contributed by atoms with Crippen LogP contribution in [-0.4, -0.2) is 50.1 Å². The van der Waals surface area contributed by atoms with Crippen LogP contribution < -0.4 is 5.32 Å². The molecule has 3 aromatic rings. The van der Waals surface area contributed by atoms with Gasteiger partial charge in [0, 0.05) is 24.8 Å². The van der Waals surface area contributed by atoms with Crippen LogP contribution in [0.3, 0.4) is 0 Å². The van der Waals surface area contributed by atoms with Crippen molar-refractivity contribution in [2.75, 3.05) is 31.6 Å². The number of nitrogens with one attached hydrogen (secondary N) is 1. The molecule has 0 unspecified atom stereocenters. The minimum atomic E-state index is -4.10. The third-order valence-corrected chi connectivity index (χ3v) is 6.57. The highest BCUT2D eigenvalue weighted by atomic mass is 32.2. The van der Waals surface area contributed by atoms with Crippen molar-refractivity contribution in [3.8, 4) is 11.3 Å². The molecule has 1 aliphatic rings. The lowest BCUT2D eigenvalue weighted by Crippen LogP contribution is -2.40. The number of ether oxygens (including phenoxy) is 1. The van der Waals surface area contributed by atoms with Crippen molar-refractivity contribution in [2.24, 2.45) is 0 Å². The summed E-state index contributed by atoms with van der Waals surface area (Å²) in [6.07, 6.45) is 0. The van der Waals surface area contributed by atoms with E-state index in [1.165, 1.54) is 30.3 Å². The zero-order valence-corrected chi connectivity index (χ0v) is 16.9. The number of carbonyl (C=O) groups is 1. The maximum atomic E-state index is 14.3. The Hall–Kier alpha value is -3.15. The van der Waals surface area contributed by atoms with Gasteiger partial charge in [-0.3, -0.25) is 4.79 Å². The van der Waals surface area contributed by atoms with Crippen LogP contribution in [0.2, 0.25) is 0 Å². The first-order valence-corrected chi connectivity index (χ1v) is 10.7. The molecule has 1 aliphatic heterocycles. The van der Waals surface area contributed by atoms with Crippen molar-refractivity contribution in [3.05, 3.63) is 65.9 Å². The summed E-state index contributed by atoms with van der Waals surface area (Å²) < 4.78 is 65.0. The van der Waals surface area contributed by atoms with Gasteiger partial charge >= 0.3 is 0 Å². The van der Waals surface area contributed by atoms with Crippen LogP contribution >= 0.6 is 0 Å². The normalized spacial score (nSPS) is 15.0. The van der Waals surface area contributed by atoms with Crippen molar-refractivity contribution in [2.45, 2.75) is 4.90 Å². The standard InChI is InChI=1S/C20H17F2N3O5S/c21-15-4-2-1-3-14(15)18-12-17(24-30-18)20(26)23-13-5-6-16(22)19(11-13)31(27,28)25-7-9-29-10-8-25/h1-6,11-12H,7-10H2,(H,23,26). The average Bonchev–Trinajstić information content (AvgIpc) is 3.26. The third kappa shape index (κ3) is 4.33. The van der Waals surface area contributed by atoms with Gasteiger partial charge in [-0.05, 0) is 30.3 Å². The number of amides is 1. The van der Waals surface area contributed by atoms with E-state index in [1.807, 2.05) is 0 Å². The van der Waals surface area contributed by atoms with Crippen LogP contribution in [0.4, 0.5) is 14.5 Å². The first kappa shape index (κ1) is 21.1. The van der Waals surface area contributed by atoms with Gasteiger partial charge in [-0.2, -0.15) is 4.31 Å². The van der Waals surface area contributed by atoms with E-state index in [4.69, 9.17) is 9.26 Å². The molecule has 1 aromatic heterocycles. The number of sulfonamides is 1. The molecule has 4 rings (SSSR count). The molecule has 0 radical (unpaired) electrons. The molecule has 2 heterocycles. The van der Waals surface area contributed by atoms with Gasteiger partial charge in [0.15, 0.2) is 11.5 Å². The van der Waals surface area contributed by atoms with Crippen molar-refractivity contribution >= 4 is 21.6 Å². The highest BCUT2D eigenvalue weighted by Crippen LogP contribution is 2.26. The summed E-state index contributed by atoms with van der Waals surface area (Å²) in [6.45, 7) is 0.647. The summed E-state index contributed by atoms with van der Waals surface area (Å²) in [5.41, 5.74) is 0.0311. The molecule has 1 saturated heterocycles. The number of nitrogens with zero attached hydrogens (tertiary/aromatic N) is 2. The average molecular weight is 449 g/mol. The van der Waals surface area contributed by atoms with Gasteiger partial charge in [-0.15, -0.1) is 0 Å². The summed E-state index contributed by atoms with van der Waals surface area (Å²) in [6, 6.07) is 10.3. The summed E-state index contributed by atoms with van der Waals surface area (Å²) in [5, 5.41) is 6.07. The molecular weight excluding hydrogens is 432 g/mol. The molecule has 0 aliphatic carbocycles. The van der Waals surface area contributed by atoms with E-state index in [2.05, 4.69) is 10.5 Å². The molecule has 8 nitrogen and oxygen atoms in total. The second-order valence-electron chi connectivity index (χ2n) is 6.67.